The van der Waals surface area contributed by atoms with Crippen molar-refractivity contribution in [3.8, 4) is 0 Å². The van der Waals surface area contributed by atoms with Gasteiger partial charge in [-0.05, 0) is 64.1 Å². The van der Waals surface area contributed by atoms with Crippen molar-refractivity contribution in [3.63, 3.8) is 0 Å². The molecular weight excluding hydrogens is 391 g/mol. The molecule has 0 aliphatic carbocycles. The molecule has 0 saturated heterocycles. The third-order valence-corrected chi connectivity index (χ3v) is 5.52. The van der Waals surface area contributed by atoms with Crippen molar-refractivity contribution in [2.24, 2.45) is 0 Å². The van der Waals surface area contributed by atoms with Crippen LogP contribution < -0.4 is 0 Å². The molecule has 28 heavy (non-hydrogen) atoms. The molecule has 0 bridgehead atoms. The summed E-state index contributed by atoms with van der Waals surface area (Å²) in [6, 6.07) is 12.5. The molecule has 6 heteroatoms. The summed E-state index contributed by atoms with van der Waals surface area (Å²) >= 11 is 12.3. The van der Waals surface area contributed by atoms with Crippen molar-refractivity contribution in [2.75, 3.05) is 0 Å². The molecule has 0 fully saturated rings. The monoisotopic (exact) mass is 414 g/mol. The Balaban J connectivity index is 1.73. The van der Waals surface area contributed by atoms with Gasteiger partial charge in [0.25, 0.3) is 0 Å². The second kappa shape index (κ2) is 7.41. The van der Waals surface area contributed by atoms with Gasteiger partial charge in [0.15, 0.2) is 0 Å². The molecule has 0 aliphatic heterocycles. The van der Waals surface area contributed by atoms with E-state index < -0.39 is 0 Å². The molecule has 0 spiro atoms. The number of aryl methyl sites for hydroxylation is 2. The minimum Gasteiger partial charge on any atom is -0.325 e. The first-order valence-electron chi connectivity index (χ1n) is 9.68. The summed E-state index contributed by atoms with van der Waals surface area (Å²) in [5, 5.41) is 1.43. The quantitative estimate of drug-likeness (QED) is 0.366. The van der Waals surface area contributed by atoms with Gasteiger partial charge in [-0.2, -0.15) is 0 Å². The van der Waals surface area contributed by atoms with Crippen LogP contribution in [0.5, 0.6) is 0 Å². The van der Waals surface area contributed by atoms with Gasteiger partial charge in [0.2, 0.25) is 0 Å². The lowest BCUT2D eigenvalue weighted by Gasteiger charge is -2.15. The maximum absolute atomic E-state index is 6.17. The van der Waals surface area contributed by atoms with Gasteiger partial charge in [-0.25, -0.2) is 9.97 Å². The first kappa shape index (κ1) is 19.3. The fourth-order valence-electron chi connectivity index (χ4n) is 3.97. The highest BCUT2D eigenvalue weighted by Crippen LogP contribution is 2.27. The number of imidazole rings is 2. The van der Waals surface area contributed by atoms with E-state index in [-0.39, 0.29) is 0 Å². The van der Waals surface area contributed by atoms with E-state index >= 15 is 0 Å². The number of aromatic nitrogens is 4. The first-order chi connectivity index (χ1) is 13.3. The summed E-state index contributed by atoms with van der Waals surface area (Å²) in [4.78, 5) is 9.75. The minimum absolute atomic E-state index is 0.323. The van der Waals surface area contributed by atoms with E-state index in [9.17, 15) is 0 Å². The molecule has 0 atom stereocenters. The van der Waals surface area contributed by atoms with Crippen LogP contribution in [0.15, 0.2) is 36.4 Å². The van der Waals surface area contributed by atoms with Gasteiger partial charge >= 0.3 is 0 Å². The summed E-state index contributed by atoms with van der Waals surface area (Å²) in [6.07, 6.45) is 1.63. The van der Waals surface area contributed by atoms with Crippen molar-refractivity contribution in [3.05, 3.63) is 58.1 Å². The summed E-state index contributed by atoms with van der Waals surface area (Å²) in [6.45, 7) is 8.74. The Morgan fingerprint density at radius 3 is 1.46 bits per heavy atom. The van der Waals surface area contributed by atoms with Gasteiger partial charge in [-0.15, -0.1) is 0 Å². The molecule has 2 aromatic carbocycles. The van der Waals surface area contributed by atoms with Crippen LogP contribution >= 0.6 is 23.2 Å². The number of halogens is 2. The molecule has 4 nitrogen and oxygen atoms in total. The lowest BCUT2D eigenvalue weighted by molar-refractivity contribution is 0.558. The fraction of sp³-hybridized carbons (Fsp3) is 0.364. The van der Waals surface area contributed by atoms with E-state index in [1.165, 1.54) is 0 Å². The van der Waals surface area contributed by atoms with Crippen molar-refractivity contribution in [1.29, 1.82) is 0 Å². The van der Waals surface area contributed by atoms with Crippen molar-refractivity contribution in [2.45, 2.75) is 52.6 Å². The van der Waals surface area contributed by atoms with Crippen molar-refractivity contribution in [1.82, 2.24) is 19.1 Å². The number of benzene rings is 2. The number of fused-ring (bicyclic) bond motifs is 2. The summed E-state index contributed by atoms with van der Waals surface area (Å²) in [7, 11) is 0. The van der Waals surface area contributed by atoms with Crippen LogP contribution in [0.1, 0.15) is 51.4 Å². The normalized spacial score (nSPS) is 12.1. The van der Waals surface area contributed by atoms with Gasteiger partial charge < -0.3 is 9.13 Å². The second-order valence-corrected chi connectivity index (χ2v) is 8.62. The Bertz CT molecular complexity index is 1060. The molecule has 0 amide bonds. The Morgan fingerprint density at radius 2 is 1.11 bits per heavy atom. The van der Waals surface area contributed by atoms with E-state index in [1.54, 1.807) is 0 Å². The van der Waals surface area contributed by atoms with Gasteiger partial charge in [-0.3, -0.25) is 0 Å². The molecule has 0 saturated carbocycles. The zero-order valence-corrected chi connectivity index (χ0v) is 18.1. The van der Waals surface area contributed by atoms with Gasteiger partial charge in [0, 0.05) is 35.0 Å². The summed E-state index contributed by atoms with van der Waals surface area (Å²) in [5.41, 5.74) is 4.14. The van der Waals surface area contributed by atoms with Crippen LogP contribution in [0.4, 0.5) is 0 Å². The predicted molar refractivity (Wildman–Crippen MR) is 118 cm³/mol. The summed E-state index contributed by atoms with van der Waals surface area (Å²) in [5.74, 6) is 2.13. The van der Waals surface area contributed by atoms with Crippen LogP contribution in [0, 0.1) is 0 Å². The maximum Gasteiger partial charge on any atom is 0.110 e. The van der Waals surface area contributed by atoms with Gasteiger partial charge in [-0.1, -0.05) is 23.2 Å². The maximum atomic E-state index is 6.17. The SMILES string of the molecule is CC(C)n1c(CCc2nc3cc(Cl)ccc3n2C(C)C)nc2cc(Cl)ccc21. The molecule has 0 aliphatic rings. The van der Waals surface area contributed by atoms with Crippen LogP contribution in [0.25, 0.3) is 22.1 Å². The Kier molecular flexibility index (Phi) is 5.11. The molecule has 4 aromatic rings. The van der Waals surface area contributed by atoms with E-state index in [0.29, 0.717) is 22.1 Å². The smallest absolute Gasteiger partial charge is 0.110 e. The highest BCUT2D eigenvalue weighted by Gasteiger charge is 2.17. The number of nitrogens with zero attached hydrogens (tertiary/aromatic N) is 4. The topological polar surface area (TPSA) is 35.6 Å². The minimum atomic E-state index is 0.323. The van der Waals surface area contributed by atoms with Crippen molar-refractivity contribution < 1.29 is 0 Å². The molecule has 146 valence electrons. The molecule has 0 radical (unpaired) electrons. The van der Waals surface area contributed by atoms with Gasteiger partial charge in [0.05, 0.1) is 22.1 Å². The Labute approximate surface area is 175 Å². The number of hydrogen-bond donors (Lipinski definition) is 0. The lowest BCUT2D eigenvalue weighted by atomic mass is 10.2. The largest absolute Gasteiger partial charge is 0.325 e. The van der Waals surface area contributed by atoms with E-state index in [2.05, 4.69) is 49.0 Å². The zero-order chi connectivity index (χ0) is 20.0. The number of rotatable bonds is 5. The molecule has 0 N–H and O–H groups in total. The highest BCUT2D eigenvalue weighted by molar-refractivity contribution is 6.31. The Morgan fingerprint density at radius 1 is 0.714 bits per heavy atom. The summed E-state index contributed by atoms with van der Waals surface area (Å²) < 4.78 is 4.59. The molecule has 4 rings (SSSR count). The molecule has 2 heterocycles. The van der Waals surface area contributed by atoms with Crippen LogP contribution in [0.3, 0.4) is 0 Å². The number of hydrogen-bond acceptors (Lipinski definition) is 2. The van der Waals surface area contributed by atoms with Crippen LogP contribution in [-0.2, 0) is 12.8 Å². The standard InChI is InChI=1S/C22H24Cl2N4/c1-13(2)27-19-7-5-15(23)11-17(19)25-21(27)9-10-22-26-18-12-16(24)6-8-20(18)28(22)14(3)4/h5-8,11-14H,9-10H2,1-4H3. The average Bonchev–Trinajstić information content (AvgIpc) is 3.16. The fourth-order valence-corrected chi connectivity index (χ4v) is 4.31. The first-order valence-corrected chi connectivity index (χ1v) is 10.4. The third-order valence-electron chi connectivity index (χ3n) is 5.05. The van der Waals surface area contributed by atoms with Crippen molar-refractivity contribution >= 4 is 45.3 Å². The Hall–Kier alpha value is -2.04. The molecule has 0 unspecified atom stereocenters. The predicted octanol–water partition coefficient (Wildman–Crippen LogP) is 6.64. The van der Waals surface area contributed by atoms with E-state index in [0.717, 1.165) is 46.6 Å². The average molecular weight is 415 g/mol. The van der Waals surface area contributed by atoms with E-state index in [1.807, 2.05) is 24.3 Å². The zero-order valence-electron chi connectivity index (χ0n) is 16.6. The second-order valence-electron chi connectivity index (χ2n) is 7.75. The van der Waals surface area contributed by atoms with E-state index in [4.69, 9.17) is 33.2 Å². The molecule has 2 aromatic heterocycles. The highest BCUT2D eigenvalue weighted by atomic mass is 35.5. The van der Waals surface area contributed by atoms with Gasteiger partial charge in [0.1, 0.15) is 11.6 Å². The molecular formula is C22H24Cl2N4. The van der Waals surface area contributed by atoms with Crippen LogP contribution in [-0.4, -0.2) is 19.1 Å². The lowest BCUT2D eigenvalue weighted by Crippen LogP contribution is -2.11. The third kappa shape index (κ3) is 3.40. The van der Waals surface area contributed by atoms with Crippen LogP contribution in [0.2, 0.25) is 10.0 Å².